The van der Waals surface area contributed by atoms with Crippen LogP contribution in [-0.4, -0.2) is 29.4 Å². The summed E-state index contributed by atoms with van der Waals surface area (Å²) in [6, 6.07) is 10.6. The van der Waals surface area contributed by atoms with Gasteiger partial charge in [-0.2, -0.15) is 0 Å². The first-order valence-corrected chi connectivity index (χ1v) is 8.00. The Kier molecular flexibility index (Phi) is 6.00. The van der Waals surface area contributed by atoms with E-state index in [2.05, 4.69) is 6.92 Å². The average molecular weight is 286 g/mol. The van der Waals surface area contributed by atoms with Crippen molar-refractivity contribution in [2.24, 2.45) is 5.73 Å². The lowest BCUT2D eigenvalue weighted by Crippen LogP contribution is -2.44. The van der Waals surface area contributed by atoms with Gasteiger partial charge in [0.15, 0.2) is 0 Å². The molecule has 1 aromatic carbocycles. The fraction of sp³-hybridized carbons (Fsp3) is 0.500. The van der Waals surface area contributed by atoms with E-state index in [0.29, 0.717) is 12.1 Å². The zero-order valence-corrected chi connectivity index (χ0v) is 12.9. The number of hydrogen-bond acceptors (Lipinski definition) is 2. The lowest BCUT2D eigenvalue weighted by molar-refractivity contribution is -0.129. The van der Waals surface area contributed by atoms with Gasteiger partial charge in [-0.3, -0.25) is 4.79 Å². The highest BCUT2D eigenvalue weighted by Gasteiger charge is 2.25. The van der Waals surface area contributed by atoms with E-state index in [4.69, 9.17) is 5.73 Å². The predicted molar refractivity (Wildman–Crippen MR) is 87.7 cm³/mol. The van der Waals surface area contributed by atoms with Gasteiger partial charge in [-0.25, -0.2) is 0 Å². The maximum atomic E-state index is 12.5. The zero-order valence-electron chi connectivity index (χ0n) is 12.9. The summed E-state index contributed by atoms with van der Waals surface area (Å²) in [6.45, 7) is 2.95. The Hall–Kier alpha value is -1.61. The van der Waals surface area contributed by atoms with Crippen LogP contribution in [0.15, 0.2) is 36.4 Å². The lowest BCUT2D eigenvalue weighted by atomic mass is 9.90. The van der Waals surface area contributed by atoms with Crippen LogP contribution in [0.5, 0.6) is 0 Å². The molecule has 114 valence electrons. The van der Waals surface area contributed by atoms with Crippen LogP contribution in [0.4, 0.5) is 0 Å². The van der Waals surface area contributed by atoms with E-state index in [0.717, 1.165) is 44.2 Å². The highest BCUT2D eigenvalue weighted by molar-refractivity contribution is 5.92. The first-order chi connectivity index (χ1) is 10.2. The van der Waals surface area contributed by atoms with Gasteiger partial charge < -0.3 is 10.6 Å². The third kappa shape index (κ3) is 4.71. The maximum absolute atomic E-state index is 12.5. The quantitative estimate of drug-likeness (QED) is 0.845. The third-order valence-corrected chi connectivity index (χ3v) is 4.15. The molecule has 1 aliphatic rings. The van der Waals surface area contributed by atoms with Crippen LogP contribution < -0.4 is 5.73 Å². The zero-order chi connectivity index (χ0) is 15.1. The Labute approximate surface area is 127 Å². The summed E-state index contributed by atoms with van der Waals surface area (Å²) >= 11 is 0. The minimum Gasteiger partial charge on any atom is -0.336 e. The van der Waals surface area contributed by atoms with Crippen LogP contribution in [0.2, 0.25) is 0 Å². The van der Waals surface area contributed by atoms with Gasteiger partial charge in [0.2, 0.25) is 5.91 Å². The van der Waals surface area contributed by atoms with Crippen molar-refractivity contribution in [3.05, 3.63) is 42.0 Å². The number of carbonyl (C=O) groups excluding carboxylic acids is 1. The van der Waals surface area contributed by atoms with Crippen LogP contribution in [0.3, 0.4) is 0 Å². The van der Waals surface area contributed by atoms with Crippen LogP contribution in [0, 0.1) is 0 Å². The molecule has 21 heavy (non-hydrogen) atoms. The smallest absolute Gasteiger partial charge is 0.246 e. The van der Waals surface area contributed by atoms with Crippen molar-refractivity contribution >= 4 is 12.0 Å². The fourth-order valence-corrected chi connectivity index (χ4v) is 2.95. The van der Waals surface area contributed by atoms with Crippen molar-refractivity contribution in [2.75, 3.05) is 6.54 Å². The summed E-state index contributed by atoms with van der Waals surface area (Å²) in [5.41, 5.74) is 7.03. The number of nitrogens with zero attached hydrogens (tertiary/aromatic N) is 1. The Balaban J connectivity index is 2.00. The van der Waals surface area contributed by atoms with Gasteiger partial charge in [0.05, 0.1) is 0 Å². The first-order valence-electron chi connectivity index (χ1n) is 8.00. The van der Waals surface area contributed by atoms with Gasteiger partial charge in [-0.15, -0.1) is 0 Å². The van der Waals surface area contributed by atoms with Crippen LogP contribution in [0.1, 0.15) is 44.6 Å². The largest absolute Gasteiger partial charge is 0.336 e. The summed E-state index contributed by atoms with van der Waals surface area (Å²) in [7, 11) is 0. The molecule has 1 fully saturated rings. The molecule has 0 radical (unpaired) electrons. The number of hydrogen-bond donors (Lipinski definition) is 1. The Morgan fingerprint density at radius 3 is 2.52 bits per heavy atom. The summed E-state index contributed by atoms with van der Waals surface area (Å²) in [6.07, 6.45) is 8.73. The molecule has 0 bridgehead atoms. The van der Waals surface area contributed by atoms with E-state index in [-0.39, 0.29) is 5.91 Å². The second-order valence-corrected chi connectivity index (χ2v) is 5.84. The molecule has 3 heteroatoms. The van der Waals surface area contributed by atoms with Gasteiger partial charge >= 0.3 is 0 Å². The Bertz CT molecular complexity index is 461. The molecular weight excluding hydrogens is 260 g/mol. The molecule has 1 saturated carbocycles. The Morgan fingerprint density at radius 2 is 1.90 bits per heavy atom. The minimum atomic E-state index is 0.126. The van der Waals surface area contributed by atoms with E-state index in [1.165, 1.54) is 0 Å². The molecule has 1 amide bonds. The second kappa shape index (κ2) is 7.99. The molecule has 2 rings (SSSR count). The topological polar surface area (TPSA) is 46.3 Å². The van der Waals surface area contributed by atoms with E-state index in [9.17, 15) is 4.79 Å². The molecule has 3 nitrogen and oxygen atoms in total. The number of carbonyl (C=O) groups is 1. The lowest BCUT2D eigenvalue weighted by Gasteiger charge is -2.35. The highest BCUT2D eigenvalue weighted by Crippen LogP contribution is 2.22. The normalized spacial score (nSPS) is 22.4. The van der Waals surface area contributed by atoms with Crippen molar-refractivity contribution in [3.8, 4) is 0 Å². The molecule has 1 aliphatic carbocycles. The second-order valence-electron chi connectivity index (χ2n) is 5.84. The summed E-state index contributed by atoms with van der Waals surface area (Å²) in [5.74, 6) is 0.126. The van der Waals surface area contributed by atoms with Crippen molar-refractivity contribution in [1.29, 1.82) is 0 Å². The minimum absolute atomic E-state index is 0.126. The van der Waals surface area contributed by atoms with Gasteiger partial charge in [0.25, 0.3) is 0 Å². The van der Waals surface area contributed by atoms with Crippen LogP contribution in [0.25, 0.3) is 6.08 Å². The molecule has 0 atom stereocenters. The number of rotatable bonds is 5. The maximum Gasteiger partial charge on any atom is 0.246 e. The average Bonchev–Trinajstić information content (AvgIpc) is 2.52. The predicted octanol–water partition coefficient (Wildman–Crippen LogP) is 3.21. The van der Waals surface area contributed by atoms with Crippen LogP contribution in [-0.2, 0) is 4.79 Å². The molecule has 0 saturated heterocycles. The standard InChI is InChI=1S/C18H26N2O/c1-2-14-20(17-11-9-16(19)10-12-17)18(21)13-8-15-6-4-3-5-7-15/h3-8,13,16-17H,2,9-12,14,19H2,1H3. The van der Waals surface area contributed by atoms with E-state index in [1.807, 2.05) is 41.3 Å². The Morgan fingerprint density at radius 1 is 1.24 bits per heavy atom. The molecule has 0 aromatic heterocycles. The van der Waals surface area contributed by atoms with Crippen molar-refractivity contribution in [1.82, 2.24) is 4.90 Å². The van der Waals surface area contributed by atoms with E-state index < -0.39 is 0 Å². The van der Waals surface area contributed by atoms with Gasteiger partial charge in [0, 0.05) is 24.7 Å². The van der Waals surface area contributed by atoms with Gasteiger partial charge in [-0.1, -0.05) is 37.3 Å². The van der Waals surface area contributed by atoms with Crippen molar-refractivity contribution in [2.45, 2.75) is 51.1 Å². The van der Waals surface area contributed by atoms with Gasteiger partial charge in [-0.05, 0) is 43.7 Å². The van der Waals surface area contributed by atoms with Crippen LogP contribution >= 0.6 is 0 Å². The number of nitrogens with two attached hydrogens (primary N) is 1. The number of benzene rings is 1. The summed E-state index contributed by atoms with van der Waals surface area (Å²) in [4.78, 5) is 14.5. The third-order valence-electron chi connectivity index (χ3n) is 4.15. The molecule has 0 spiro atoms. The molecular formula is C18H26N2O. The van der Waals surface area contributed by atoms with E-state index >= 15 is 0 Å². The van der Waals surface area contributed by atoms with Crippen molar-refractivity contribution < 1.29 is 4.79 Å². The highest BCUT2D eigenvalue weighted by atomic mass is 16.2. The van der Waals surface area contributed by atoms with Crippen molar-refractivity contribution in [3.63, 3.8) is 0 Å². The monoisotopic (exact) mass is 286 g/mol. The summed E-state index contributed by atoms with van der Waals surface area (Å²) < 4.78 is 0. The number of amides is 1. The molecule has 0 heterocycles. The molecule has 1 aromatic rings. The summed E-state index contributed by atoms with van der Waals surface area (Å²) in [5, 5.41) is 0. The fourth-order valence-electron chi connectivity index (χ4n) is 2.95. The van der Waals surface area contributed by atoms with Gasteiger partial charge in [0.1, 0.15) is 0 Å². The first kappa shape index (κ1) is 15.8. The molecule has 2 N–H and O–H groups in total. The SMILES string of the molecule is CCCN(C(=O)C=Cc1ccccc1)C1CCC(N)CC1. The molecule has 0 unspecified atom stereocenters. The van der Waals surface area contributed by atoms with E-state index in [1.54, 1.807) is 6.08 Å². The molecule has 0 aliphatic heterocycles.